The minimum absolute atomic E-state index is 0.0234. The van der Waals surface area contributed by atoms with Gasteiger partial charge in [0.05, 0.1) is 36.5 Å². The first-order chi connectivity index (χ1) is 34.2. The van der Waals surface area contributed by atoms with Crippen molar-refractivity contribution in [1.29, 1.82) is 0 Å². The summed E-state index contributed by atoms with van der Waals surface area (Å²) in [5, 5.41) is 157. The molecule has 0 saturated carbocycles. The number of rotatable bonds is 14. The van der Waals surface area contributed by atoms with Gasteiger partial charge in [-0.3, -0.25) is 0 Å². The molecule has 4 saturated heterocycles. The maximum absolute atomic E-state index is 13.0. The Morgan fingerprint density at radius 3 is 1.67 bits per heavy atom. The molecule has 21 unspecified atom stereocenters. The van der Waals surface area contributed by atoms with E-state index in [-0.39, 0.29) is 39.9 Å². The molecule has 0 amide bonds. The molecular formula is C46H57O26+. The van der Waals surface area contributed by atoms with E-state index in [1.807, 2.05) is 0 Å². The third-order valence-electron chi connectivity index (χ3n) is 12.8. The number of aliphatic hydroxyl groups is 14. The summed E-state index contributed by atoms with van der Waals surface area (Å²) in [6.07, 6.45) is -32.2. The Labute approximate surface area is 407 Å². The summed E-state index contributed by atoms with van der Waals surface area (Å²) < 4.78 is 55.5. The molecule has 21 atom stereocenters. The number of ether oxygens (including phenoxy) is 10. The van der Waals surface area contributed by atoms with Gasteiger partial charge in [-0.15, -0.1) is 0 Å². The van der Waals surface area contributed by atoms with Gasteiger partial charge in [0.15, 0.2) is 12.0 Å². The highest BCUT2D eigenvalue weighted by Gasteiger charge is 2.50. The Morgan fingerprint density at radius 1 is 0.556 bits per heavy atom. The molecule has 0 aromatic heterocycles. The van der Waals surface area contributed by atoms with Gasteiger partial charge in [0.1, 0.15) is 127 Å². The predicted octanol–water partition coefficient (Wildman–Crippen LogP) is -4.67. The van der Waals surface area contributed by atoms with Crippen LogP contribution in [0.2, 0.25) is 0 Å². The highest BCUT2D eigenvalue weighted by molar-refractivity contribution is 5.89. The molecular weight excluding hydrogens is 968 g/mol. The van der Waals surface area contributed by atoms with Gasteiger partial charge in [0.25, 0.3) is 11.9 Å². The van der Waals surface area contributed by atoms with E-state index >= 15 is 0 Å². The maximum atomic E-state index is 13.0. The molecule has 5 heterocycles. The summed E-state index contributed by atoms with van der Waals surface area (Å²) in [7, 11) is 0. The minimum Gasteiger partial charge on any atom is -0.571 e. The van der Waals surface area contributed by atoms with E-state index in [0.29, 0.717) is 5.56 Å². The number of phenols is 2. The van der Waals surface area contributed by atoms with Gasteiger partial charge in [-0.2, -0.15) is 0 Å². The second kappa shape index (κ2) is 22.2. The molecule has 8 rings (SSSR count). The second-order valence-electron chi connectivity index (χ2n) is 17.8. The van der Waals surface area contributed by atoms with Crippen LogP contribution in [0.1, 0.15) is 34.5 Å². The molecule has 72 heavy (non-hydrogen) atoms. The molecule has 4 fully saturated rings. The van der Waals surface area contributed by atoms with Crippen molar-refractivity contribution in [3.05, 3.63) is 83.1 Å². The molecule has 396 valence electrons. The van der Waals surface area contributed by atoms with Gasteiger partial charge >= 0.3 is 5.97 Å². The fourth-order valence-electron chi connectivity index (χ4n) is 8.46. The summed E-state index contributed by atoms with van der Waals surface area (Å²) in [5.41, 5.74) is 0.378. The predicted molar refractivity (Wildman–Crippen MR) is 233 cm³/mol. The fourth-order valence-corrected chi connectivity index (χ4v) is 8.46. The quantitative estimate of drug-likeness (QED) is 0.0533. The molecule has 5 aliphatic rings. The van der Waals surface area contributed by atoms with Crippen molar-refractivity contribution in [2.24, 2.45) is 0 Å². The van der Waals surface area contributed by atoms with Crippen LogP contribution in [-0.2, 0) is 33.2 Å². The summed E-state index contributed by atoms with van der Waals surface area (Å²) in [6, 6.07) is 13.2. The van der Waals surface area contributed by atoms with Crippen LogP contribution in [0.25, 0.3) is 6.08 Å². The van der Waals surface area contributed by atoms with E-state index in [9.17, 15) is 81.4 Å². The molecule has 5 aliphatic heterocycles. The van der Waals surface area contributed by atoms with Crippen LogP contribution in [-0.4, -0.2) is 230 Å². The zero-order valence-electron chi connectivity index (χ0n) is 37.8. The Bertz CT molecular complexity index is 2330. The molecule has 3 aromatic carbocycles. The zero-order chi connectivity index (χ0) is 51.9. The van der Waals surface area contributed by atoms with E-state index in [1.165, 1.54) is 67.6 Å². The van der Waals surface area contributed by atoms with Gasteiger partial charge in [-0.05, 0) is 55.5 Å². The Morgan fingerprint density at radius 2 is 1.07 bits per heavy atom. The Balaban J connectivity index is 0.940. The second-order valence-corrected chi connectivity index (χ2v) is 17.8. The van der Waals surface area contributed by atoms with Crippen LogP contribution in [0, 0.1) is 0 Å². The SMILES string of the molecule is CC1OC(OCC2OC(OC3=Cc4c(O)cc(OC5OC(COC(=O)c6ccc(OC7OC(CO)C(O)C(O)C7O)cc6)C(O)C(O)C5O)cc4[OH+]C3c3ccc(O)cc3)C(O)C(O)C2O)C(O)C(O)C1O. The number of hydrogen-bond acceptors (Lipinski definition) is 25. The van der Waals surface area contributed by atoms with Crippen molar-refractivity contribution in [3.8, 4) is 28.7 Å². The van der Waals surface area contributed by atoms with Gasteiger partial charge < -0.3 is 124 Å². The van der Waals surface area contributed by atoms with Crippen LogP contribution in [0.3, 0.4) is 0 Å². The molecule has 16 N–H and O–H groups in total. The largest absolute Gasteiger partial charge is 0.571 e. The lowest BCUT2D eigenvalue weighted by molar-refractivity contribution is -0.325. The number of hydrogen-bond donors (Lipinski definition) is 15. The first-order valence-corrected chi connectivity index (χ1v) is 22.6. The minimum atomic E-state index is -1.90. The van der Waals surface area contributed by atoms with E-state index in [0.717, 1.165) is 6.07 Å². The van der Waals surface area contributed by atoms with Crippen LogP contribution in [0.5, 0.6) is 28.7 Å². The average Bonchev–Trinajstić information content (AvgIpc) is 3.37. The molecule has 26 heteroatoms. The molecule has 0 radical (unpaired) electrons. The number of esters is 1. The van der Waals surface area contributed by atoms with Crippen molar-refractivity contribution in [3.63, 3.8) is 0 Å². The van der Waals surface area contributed by atoms with E-state index < -0.39 is 160 Å². The van der Waals surface area contributed by atoms with E-state index in [1.54, 1.807) is 0 Å². The van der Waals surface area contributed by atoms with E-state index in [2.05, 4.69) is 0 Å². The lowest BCUT2D eigenvalue weighted by Crippen LogP contribution is -2.61. The number of carbonyl (C=O) groups excluding carboxylic acids is 1. The number of carbonyl (C=O) groups is 1. The number of aliphatic hydroxyl groups excluding tert-OH is 13. The smallest absolute Gasteiger partial charge is 0.338 e. The van der Waals surface area contributed by atoms with Gasteiger partial charge in [-0.25, -0.2) is 4.79 Å². The van der Waals surface area contributed by atoms with Gasteiger partial charge in [0, 0.05) is 12.1 Å². The fraction of sp³-hybridized carbons (Fsp3) is 0.543. The first-order valence-electron chi connectivity index (χ1n) is 22.6. The van der Waals surface area contributed by atoms with Crippen molar-refractivity contribution in [2.45, 2.75) is 136 Å². The number of phenolic OH excluding ortho intramolecular Hbond substituents is 2. The normalized spacial score (nSPS) is 38.9. The summed E-state index contributed by atoms with van der Waals surface area (Å²) in [5.74, 6) is -1.68. The summed E-state index contributed by atoms with van der Waals surface area (Å²) in [4.78, 5) is 13.0. The average molecular weight is 1030 g/mol. The molecule has 3 aromatic rings. The van der Waals surface area contributed by atoms with Crippen molar-refractivity contribution in [1.82, 2.24) is 0 Å². The summed E-state index contributed by atoms with van der Waals surface area (Å²) >= 11 is 0. The Hall–Kier alpha value is -5.05. The maximum Gasteiger partial charge on any atom is 0.338 e. The van der Waals surface area contributed by atoms with Gasteiger partial charge in [0.2, 0.25) is 18.9 Å². The molecule has 0 spiro atoms. The third-order valence-corrected chi connectivity index (χ3v) is 12.8. The van der Waals surface area contributed by atoms with Gasteiger partial charge in [-0.1, -0.05) is 0 Å². The lowest BCUT2D eigenvalue weighted by atomic mass is 9.98. The highest BCUT2D eigenvalue weighted by Crippen LogP contribution is 2.46. The summed E-state index contributed by atoms with van der Waals surface area (Å²) in [6.45, 7) is -0.490. The topological polar surface area (TPSA) is 416 Å². The third kappa shape index (κ3) is 11.1. The zero-order valence-corrected chi connectivity index (χ0v) is 37.8. The molecule has 26 nitrogen and oxygen atoms in total. The highest BCUT2D eigenvalue weighted by atomic mass is 16.7. The van der Waals surface area contributed by atoms with Crippen molar-refractivity contribution >= 4 is 12.0 Å². The van der Waals surface area contributed by atoms with Crippen LogP contribution in [0.15, 0.2) is 66.4 Å². The van der Waals surface area contributed by atoms with Crippen LogP contribution >= 0.6 is 0 Å². The Kier molecular flexibility index (Phi) is 16.4. The van der Waals surface area contributed by atoms with E-state index in [4.69, 9.17) is 47.4 Å². The number of fused-ring (bicyclic) bond motifs is 1. The van der Waals surface area contributed by atoms with Crippen molar-refractivity contribution in [2.75, 3.05) is 19.8 Å². The van der Waals surface area contributed by atoms with Crippen LogP contribution in [0.4, 0.5) is 0 Å². The first kappa shape index (κ1) is 53.2. The lowest BCUT2D eigenvalue weighted by Gasteiger charge is -2.42. The van der Waals surface area contributed by atoms with Crippen LogP contribution < -0.4 is 9.47 Å². The number of aromatic hydroxyl groups is 3. The standard InChI is InChI=1S/C46H56O26/c1-16-29(50)33(54)37(58)43(65-16)64-15-28-32(53)36(57)40(61)46(72-28)69-25-12-22-23(49)10-21(11-24(22)68-41(25)17-2-6-19(48)7-3-17)67-45-39(60)35(56)31(52)27(71-45)14-63-42(62)18-4-8-20(9-5-18)66-44-38(59)34(55)30(51)26(13-47)70-44/h2-12,16,26-41,43-61H,13-15H2,1H3/p+1. The monoisotopic (exact) mass is 1030 g/mol. The molecule has 0 aliphatic carbocycles. The molecule has 0 bridgehead atoms. The van der Waals surface area contributed by atoms with Crippen molar-refractivity contribution < 1.29 is 129 Å². The number of benzene rings is 3.